The van der Waals surface area contributed by atoms with Crippen LogP contribution in [-0.2, 0) is 11.8 Å². The van der Waals surface area contributed by atoms with Crippen LogP contribution < -0.4 is 9.64 Å². The van der Waals surface area contributed by atoms with Crippen molar-refractivity contribution < 1.29 is 9.66 Å². The summed E-state index contributed by atoms with van der Waals surface area (Å²) in [6.45, 7) is 8.50. The number of ether oxygens (including phenoxy) is 1. The van der Waals surface area contributed by atoms with E-state index in [4.69, 9.17) is 4.74 Å². The molecule has 0 fully saturated rings. The first-order valence-corrected chi connectivity index (χ1v) is 10.5. The van der Waals surface area contributed by atoms with Gasteiger partial charge in [-0.2, -0.15) is 0 Å². The normalized spacial score (nSPS) is 15.7. The zero-order valence-corrected chi connectivity index (χ0v) is 18.5. The Labute approximate surface area is 188 Å². The van der Waals surface area contributed by atoms with Crippen LogP contribution in [0.4, 0.5) is 11.4 Å². The number of aryl methyl sites for hydroxylation is 1. The average Bonchev–Trinajstić information content (AvgIpc) is 3.10. The molecule has 0 saturated heterocycles. The molecular weight excluding hydrogens is 400 g/mol. The van der Waals surface area contributed by atoms with Crippen molar-refractivity contribution in [2.45, 2.75) is 25.7 Å². The van der Waals surface area contributed by atoms with Crippen molar-refractivity contribution in [1.82, 2.24) is 0 Å². The number of benzene rings is 3. The van der Waals surface area contributed by atoms with E-state index in [2.05, 4.69) is 25.6 Å². The van der Waals surface area contributed by atoms with Crippen molar-refractivity contribution in [3.8, 4) is 5.75 Å². The highest BCUT2D eigenvalue weighted by Gasteiger charge is 2.34. The Morgan fingerprint density at radius 2 is 1.81 bits per heavy atom. The molecule has 1 heterocycles. The van der Waals surface area contributed by atoms with Gasteiger partial charge in [-0.15, -0.1) is 0 Å². The van der Waals surface area contributed by atoms with Crippen LogP contribution in [-0.4, -0.2) is 12.0 Å². The van der Waals surface area contributed by atoms with Crippen LogP contribution in [0, 0.1) is 17.0 Å². The minimum atomic E-state index is -0.580. The molecule has 32 heavy (non-hydrogen) atoms. The van der Waals surface area contributed by atoms with E-state index in [9.17, 15) is 10.1 Å². The molecule has 0 saturated carbocycles. The predicted molar refractivity (Wildman–Crippen MR) is 128 cm³/mol. The highest BCUT2D eigenvalue weighted by atomic mass is 16.6. The number of allylic oxidation sites excluding steroid dienone is 2. The third kappa shape index (κ3) is 3.89. The molecule has 0 aliphatic carbocycles. The summed E-state index contributed by atoms with van der Waals surface area (Å²) in [4.78, 5) is 13.2. The number of nitro groups is 1. The molecule has 3 aromatic carbocycles. The van der Waals surface area contributed by atoms with Crippen molar-refractivity contribution in [3.63, 3.8) is 0 Å². The number of fused-ring (bicyclic) bond motifs is 1. The first-order chi connectivity index (χ1) is 15.3. The van der Waals surface area contributed by atoms with E-state index < -0.39 is 5.41 Å². The maximum Gasteiger partial charge on any atom is 0.269 e. The molecule has 4 rings (SSSR count). The van der Waals surface area contributed by atoms with Gasteiger partial charge < -0.3 is 9.64 Å². The van der Waals surface area contributed by atoms with E-state index >= 15 is 0 Å². The molecule has 3 aromatic rings. The van der Waals surface area contributed by atoms with Gasteiger partial charge >= 0.3 is 0 Å². The van der Waals surface area contributed by atoms with Crippen molar-refractivity contribution in [2.75, 3.05) is 11.9 Å². The van der Waals surface area contributed by atoms with Crippen LogP contribution in [0.3, 0.4) is 0 Å². The summed E-state index contributed by atoms with van der Waals surface area (Å²) in [6.07, 6.45) is 2.59. The minimum absolute atomic E-state index is 0.0759. The third-order valence-corrected chi connectivity index (χ3v) is 6.21. The maximum atomic E-state index is 11.5. The first kappa shape index (κ1) is 21.4. The standard InChI is InChI=1S/C27H26N2O3/c1-19-14-15-22(29(30)31)17-23(19)27(3,18-21-10-6-5-7-11-21)20(2)16-26-28(4)24-12-8-9-13-25(24)32-26/h5-17H,2,18H2,1,3-4H3/b26-16-. The molecular formula is C27H26N2O3. The summed E-state index contributed by atoms with van der Waals surface area (Å²) in [5.74, 6) is 1.48. The van der Waals surface area contributed by atoms with Crippen LogP contribution >= 0.6 is 0 Å². The molecule has 1 aliphatic rings. The quantitative estimate of drug-likeness (QED) is 0.341. The Balaban J connectivity index is 1.79. The second-order valence-electron chi connectivity index (χ2n) is 8.39. The fourth-order valence-corrected chi connectivity index (χ4v) is 4.26. The van der Waals surface area contributed by atoms with Gasteiger partial charge in [-0.3, -0.25) is 10.1 Å². The maximum absolute atomic E-state index is 11.5. The van der Waals surface area contributed by atoms with E-state index in [0.717, 1.165) is 33.7 Å². The second kappa shape index (κ2) is 8.35. The van der Waals surface area contributed by atoms with Crippen molar-refractivity contribution >= 4 is 11.4 Å². The molecule has 0 aromatic heterocycles. The number of non-ortho nitro benzene ring substituents is 1. The summed E-state index contributed by atoms with van der Waals surface area (Å²) in [6, 6.07) is 23.0. The summed E-state index contributed by atoms with van der Waals surface area (Å²) in [5, 5.41) is 11.5. The topological polar surface area (TPSA) is 55.6 Å². The first-order valence-electron chi connectivity index (χ1n) is 10.5. The van der Waals surface area contributed by atoms with E-state index in [0.29, 0.717) is 12.3 Å². The fourth-order valence-electron chi connectivity index (χ4n) is 4.26. The van der Waals surface area contributed by atoms with Gasteiger partial charge in [0.15, 0.2) is 5.75 Å². The van der Waals surface area contributed by atoms with Gasteiger partial charge in [0, 0.05) is 30.7 Å². The number of hydrogen-bond acceptors (Lipinski definition) is 4. The van der Waals surface area contributed by atoms with Gasteiger partial charge in [0.1, 0.15) is 0 Å². The van der Waals surface area contributed by atoms with Crippen molar-refractivity contribution in [3.05, 3.63) is 124 Å². The van der Waals surface area contributed by atoms with Crippen LogP contribution in [0.25, 0.3) is 0 Å². The number of nitro benzene ring substituents is 1. The summed E-state index contributed by atoms with van der Waals surface area (Å²) in [5.41, 5.74) is 4.30. The minimum Gasteiger partial charge on any atom is -0.439 e. The van der Waals surface area contributed by atoms with Crippen molar-refractivity contribution in [2.24, 2.45) is 0 Å². The number of rotatable bonds is 6. The van der Waals surface area contributed by atoms with Gasteiger partial charge in [0.05, 0.1) is 10.6 Å². The number of hydrogen-bond donors (Lipinski definition) is 0. The van der Waals surface area contributed by atoms with E-state index in [1.165, 1.54) is 0 Å². The lowest BCUT2D eigenvalue weighted by molar-refractivity contribution is -0.385. The van der Waals surface area contributed by atoms with Gasteiger partial charge in [0.2, 0.25) is 5.88 Å². The largest absolute Gasteiger partial charge is 0.439 e. The Morgan fingerprint density at radius 1 is 1.12 bits per heavy atom. The van der Waals surface area contributed by atoms with Gasteiger partial charge in [-0.05, 0) is 47.7 Å². The third-order valence-electron chi connectivity index (χ3n) is 6.21. The Hall–Kier alpha value is -3.86. The van der Waals surface area contributed by atoms with Gasteiger partial charge in [-0.25, -0.2) is 0 Å². The molecule has 1 aliphatic heterocycles. The molecule has 162 valence electrons. The van der Waals surface area contributed by atoms with Gasteiger partial charge in [0.25, 0.3) is 5.69 Å². The summed E-state index contributed by atoms with van der Waals surface area (Å²) in [7, 11) is 1.96. The Morgan fingerprint density at radius 3 is 2.50 bits per heavy atom. The fraction of sp³-hybridized carbons (Fsp3) is 0.185. The molecule has 5 heteroatoms. The lowest BCUT2D eigenvalue weighted by Gasteiger charge is -2.33. The zero-order valence-electron chi connectivity index (χ0n) is 18.5. The lowest BCUT2D eigenvalue weighted by Crippen LogP contribution is -2.29. The monoisotopic (exact) mass is 426 g/mol. The highest BCUT2D eigenvalue weighted by Crippen LogP contribution is 2.42. The van der Waals surface area contributed by atoms with E-state index in [1.807, 2.05) is 73.5 Å². The van der Waals surface area contributed by atoms with Crippen LogP contribution in [0.5, 0.6) is 5.75 Å². The SMILES string of the molecule is C=C(/C=C1\Oc2ccccc2N1C)C(C)(Cc1ccccc1)c1cc([N+](=O)[O-])ccc1C. The Kier molecular flexibility index (Phi) is 5.57. The number of anilines is 1. The van der Waals surface area contributed by atoms with E-state index in [1.54, 1.807) is 12.1 Å². The smallest absolute Gasteiger partial charge is 0.269 e. The molecule has 1 atom stereocenters. The molecule has 0 N–H and O–H groups in total. The summed E-state index contributed by atoms with van der Waals surface area (Å²) >= 11 is 0. The molecule has 0 bridgehead atoms. The second-order valence-corrected chi connectivity index (χ2v) is 8.39. The van der Waals surface area contributed by atoms with Crippen LogP contribution in [0.15, 0.2) is 96.9 Å². The van der Waals surface area contributed by atoms with Crippen LogP contribution in [0.2, 0.25) is 0 Å². The lowest BCUT2D eigenvalue weighted by atomic mass is 9.70. The number of para-hydroxylation sites is 2. The zero-order chi connectivity index (χ0) is 22.9. The highest BCUT2D eigenvalue weighted by molar-refractivity contribution is 5.66. The average molecular weight is 427 g/mol. The van der Waals surface area contributed by atoms with Gasteiger partial charge in [-0.1, -0.05) is 62.0 Å². The summed E-state index contributed by atoms with van der Waals surface area (Å²) < 4.78 is 6.08. The molecule has 0 radical (unpaired) electrons. The van der Waals surface area contributed by atoms with Crippen LogP contribution in [0.1, 0.15) is 23.6 Å². The van der Waals surface area contributed by atoms with E-state index in [-0.39, 0.29) is 10.6 Å². The molecule has 0 amide bonds. The number of nitrogens with zero attached hydrogens (tertiary/aromatic N) is 2. The molecule has 5 nitrogen and oxygen atoms in total. The predicted octanol–water partition coefficient (Wildman–Crippen LogP) is 6.33. The molecule has 0 spiro atoms. The van der Waals surface area contributed by atoms with Crippen molar-refractivity contribution in [1.29, 1.82) is 0 Å². The Bertz CT molecular complexity index is 1220. The molecule has 1 unspecified atom stereocenters.